The second-order valence-electron chi connectivity index (χ2n) is 9.15. The van der Waals surface area contributed by atoms with E-state index in [0.29, 0.717) is 24.4 Å². The maximum absolute atomic E-state index is 13.2. The van der Waals surface area contributed by atoms with E-state index in [1.165, 1.54) is 0 Å². The minimum absolute atomic E-state index is 0.00859. The summed E-state index contributed by atoms with van der Waals surface area (Å²) in [5.41, 5.74) is 5.33. The number of rotatable bonds is 7. The fraction of sp³-hybridized carbons (Fsp3) is 0.267. The Morgan fingerprint density at radius 1 is 0.973 bits per heavy atom. The number of para-hydroxylation sites is 1. The van der Waals surface area contributed by atoms with Crippen LogP contribution in [0.15, 0.2) is 77.6 Å². The van der Waals surface area contributed by atoms with Crippen molar-refractivity contribution in [2.24, 2.45) is 0 Å². The number of pyridine rings is 1. The molecule has 4 aromatic rings. The zero-order valence-corrected chi connectivity index (χ0v) is 21.4. The number of carbonyl (C=O) groups excluding carboxylic acids is 1. The molecule has 2 aromatic heterocycles. The van der Waals surface area contributed by atoms with Crippen LogP contribution >= 0.6 is 0 Å². The average Bonchev–Trinajstić information content (AvgIpc) is 3.35. The topological polar surface area (TPSA) is 68.0 Å². The molecule has 0 radical (unpaired) electrons. The maximum atomic E-state index is 13.2. The van der Waals surface area contributed by atoms with Gasteiger partial charge in [0.05, 0.1) is 26.2 Å². The second-order valence-corrected chi connectivity index (χ2v) is 9.15. The SMILES string of the molecule is COc1cc2occ(-c3ccccc3OC)c2cc1/C(C)=C/C(=O)N1CCN(Cc2ccccn2)CC1. The Bertz CT molecular complexity index is 1420. The first kappa shape index (κ1) is 24.6. The summed E-state index contributed by atoms with van der Waals surface area (Å²) >= 11 is 0. The van der Waals surface area contributed by atoms with Crippen LogP contribution < -0.4 is 9.47 Å². The third-order valence-corrected chi connectivity index (χ3v) is 6.85. The maximum Gasteiger partial charge on any atom is 0.246 e. The number of amides is 1. The molecule has 1 fully saturated rings. The van der Waals surface area contributed by atoms with Gasteiger partial charge in [-0.2, -0.15) is 0 Å². The van der Waals surface area contributed by atoms with Gasteiger partial charge in [0.15, 0.2) is 0 Å². The minimum Gasteiger partial charge on any atom is -0.496 e. The third kappa shape index (κ3) is 5.22. The number of aromatic nitrogens is 1. The second kappa shape index (κ2) is 10.9. The van der Waals surface area contributed by atoms with Crippen LogP contribution in [0, 0.1) is 0 Å². The highest BCUT2D eigenvalue weighted by Gasteiger charge is 2.21. The fourth-order valence-corrected chi connectivity index (χ4v) is 4.81. The Morgan fingerprint density at radius 2 is 1.73 bits per heavy atom. The number of hydrogen-bond donors (Lipinski definition) is 0. The fourth-order valence-electron chi connectivity index (χ4n) is 4.81. The molecule has 1 amide bonds. The van der Waals surface area contributed by atoms with Crippen LogP contribution in [0.4, 0.5) is 0 Å². The van der Waals surface area contributed by atoms with Crippen LogP contribution in [0.5, 0.6) is 11.5 Å². The van der Waals surface area contributed by atoms with Crippen LogP contribution in [0.2, 0.25) is 0 Å². The summed E-state index contributed by atoms with van der Waals surface area (Å²) in [6.07, 6.45) is 5.26. The normalized spacial score (nSPS) is 14.7. The molecule has 0 atom stereocenters. The molecule has 0 N–H and O–H groups in total. The van der Waals surface area contributed by atoms with Crippen LogP contribution in [0.25, 0.3) is 27.7 Å². The number of carbonyl (C=O) groups is 1. The number of piperazine rings is 1. The lowest BCUT2D eigenvalue weighted by Gasteiger charge is -2.34. The molecule has 0 spiro atoms. The van der Waals surface area contributed by atoms with Gasteiger partial charge < -0.3 is 18.8 Å². The van der Waals surface area contributed by atoms with Crippen molar-refractivity contribution in [2.45, 2.75) is 13.5 Å². The first-order valence-electron chi connectivity index (χ1n) is 12.4. The average molecular weight is 498 g/mol. The molecule has 1 saturated heterocycles. The Labute approximate surface area is 216 Å². The van der Waals surface area contributed by atoms with Gasteiger partial charge in [-0.05, 0) is 36.8 Å². The largest absolute Gasteiger partial charge is 0.496 e. The van der Waals surface area contributed by atoms with Crippen molar-refractivity contribution in [1.82, 2.24) is 14.8 Å². The molecule has 0 bridgehead atoms. The number of furan rings is 1. The molecular weight excluding hydrogens is 466 g/mol. The van der Waals surface area contributed by atoms with E-state index < -0.39 is 0 Å². The summed E-state index contributed by atoms with van der Waals surface area (Å²) in [5.74, 6) is 1.44. The summed E-state index contributed by atoms with van der Waals surface area (Å²) in [6, 6.07) is 17.7. The first-order valence-corrected chi connectivity index (χ1v) is 12.4. The number of methoxy groups -OCH3 is 2. The highest BCUT2D eigenvalue weighted by molar-refractivity contribution is 6.01. The van der Waals surface area contributed by atoms with Gasteiger partial charge in [-0.1, -0.05) is 24.3 Å². The van der Waals surface area contributed by atoms with Gasteiger partial charge in [0.1, 0.15) is 17.1 Å². The van der Waals surface area contributed by atoms with Crippen molar-refractivity contribution in [1.29, 1.82) is 0 Å². The van der Waals surface area contributed by atoms with E-state index in [-0.39, 0.29) is 5.91 Å². The van der Waals surface area contributed by atoms with Gasteiger partial charge in [0, 0.05) is 73.1 Å². The predicted octanol–water partition coefficient (Wildman–Crippen LogP) is 5.26. The van der Waals surface area contributed by atoms with E-state index in [2.05, 4.69) is 9.88 Å². The Hall–Kier alpha value is -4.10. The number of nitrogens with zero attached hydrogens (tertiary/aromatic N) is 3. The van der Waals surface area contributed by atoms with Crippen LogP contribution in [-0.2, 0) is 11.3 Å². The Kier molecular flexibility index (Phi) is 7.23. The summed E-state index contributed by atoms with van der Waals surface area (Å²) < 4.78 is 17.1. The quantitative estimate of drug-likeness (QED) is 0.325. The van der Waals surface area contributed by atoms with E-state index in [1.807, 2.05) is 72.6 Å². The molecule has 37 heavy (non-hydrogen) atoms. The summed E-state index contributed by atoms with van der Waals surface area (Å²) in [7, 11) is 3.29. The lowest BCUT2D eigenvalue weighted by molar-refractivity contribution is -0.127. The zero-order valence-electron chi connectivity index (χ0n) is 21.4. The van der Waals surface area contributed by atoms with Crippen molar-refractivity contribution in [3.63, 3.8) is 0 Å². The molecule has 1 aliphatic rings. The Balaban J connectivity index is 1.36. The summed E-state index contributed by atoms with van der Waals surface area (Å²) in [6.45, 7) is 5.76. The molecule has 0 unspecified atom stereocenters. The highest BCUT2D eigenvalue weighted by Crippen LogP contribution is 2.40. The molecule has 3 heterocycles. The van der Waals surface area contributed by atoms with E-state index in [0.717, 1.165) is 58.7 Å². The number of ether oxygens (including phenoxy) is 2. The van der Waals surface area contributed by atoms with Gasteiger partial charge in [0.25, 0.3) is 0 Å². The molecule has 7 heteroatoms. The van der Waals surface area contributed by atoms with Gasteiger partial charge in [0.2, 0.25) is 5.91 Å². The van der Waals surface area contributed by atoms with Crippen molar-refractivity contribution < 1.29 is 18.7 Å². The van der Waals surface area contributed by atoms with Gasteiger partial charge >= 0.3 is 0 Å². The van der Waals surface area contributed by atoms with Gasteiger partial charge in [-0.3, -0.25) is 14.7 Å². The highest BCUT2D eigenvalue weighted by atomic mass is 16.5. The minimum atomic E-state index is 0.00859. The lowest BCUT2D eigenvalue weighted by atomic mass is 9.98. The number of hydrogen-bond acceptors (Lipinski definition) is 6. The molecule has 2 aromatic carbocycles. The van der Waals surface area contributed by atoms with Crippen molar-refractivity contribution in [3.05, 3.63) is 84.4 Å². The number of benzene rings is 2. The monoisotopic (exact) mass is 497 g/mol. The molecule has 5 rings (SSSR count). The van der Waals surface area contributed by atoms with Crippen molar-refractivity contribution in [2.75, 3.05) is 40.4 Å². The zero-order chi connectivity index (χ0) is 25.8. The number of fused-ring (bicyclic) bond motifs is 1. The standard InChI is InChI=1S/C30H31N3O4/c1-21(16-30(34)33-14-12-32(13-15-33)19-22-8-6-7-11-31-22)24-17-25-26(20-37-29(25)18-28(24)36-3)23-9-4-5-10-27(23)35-2/h4-11,16-18,20H,12-15,19H2,1-3H3/b21-16+. The first-order chi connectivity index (χ1) is 18.1. The van der Waals surface area contributed by atoms with Gasteiger partial charge in [-0.15, -0.1) is 0 Å². The Morgan fingerprint density at radius 3 is 2.46 bits per heavy atom. The molecule has 0 aliphatic carbocycles. The molecule has 1 aliphatic heterocycles. The summed E-state index contributed by atoms with van der Waals surface area (Å²) in [4.78, 5) is 21.8. The smallest absolute Gasteiger partial charge is 0.246 e. The molecule has 190 valence electrons. The van der Waals surface area contributed by atoms with Crippen LogP contribution in [-0.4, -0.2) is 61.1 Å². The molecular formula is C30H31N3O4. The molecule has 0 saturated carbocycles. The van der Waals surface area contributed by atoms with E-state index in [1.54, 1.807) is 26.6 Å². The lowest BCUT2D eigenvalue weighted by Crippen LogP contribution is -2.47. The van der Waals surface area contributed by atoms with Crippen molar-refractivity contribution >= 4 is 22.4 Å². The van der Waals surface area contributed by atoms with Crippen LogP contribution in [0.3, 0.4) is 0 Å². The van der Waals surface area contributed by atoms with E-state index >= 15 is 0 Å². The number of allylic oxidation sites excluding steroid dienone is 1. The third-order valence-electron chi connectivity index (χ3n) is 6.85. The van der Waals surface area contributed by atoms with Crippen LogP contribution in [0.1, 0.15) is 18.2 Å². The van der Waals surface area contributed by atoms with E-state index in [4.69, 9.17) is 13.9 Å². The van der Waals surface area contributed by atoms with Crippen molar-refractivity contribution in [3.8, 4) is 22.6 Å². The predicted molar refractivity (Wildman–Crippen MR) is 144 cm³/mol. The molecule has 7 nitrogen and oxygen atoms in total. The van der Waals surface area contributed by atoms with Gasteiger partial charge in [-0.25, -0.2) is 0 Å². The van der Waals surface area contributed by atoms with E-state index in [9.17, 15) is 4.79 Å². The summed E-state index contributed by atoms with van der Waals surface area (Å²) in [5, 5.41) is 0.934.